The Kier molecular flexibility index (Phi) is 10.6. The van der Waals surface area contributed by atoms with Crippen molar-refractivity contribution in [3.63, 3.8) is 0 Å². The molecule has 0 saturated carbocycles. The van der Waals surface area contributed by atoms with Crippen molar-refractivity contribution in [3.8, 4) is 11.5 Å². The minimum atomic E-state index is 0.0518. The van der Waals surface area contributed by atoms with E-state index in [0.29, 0.717) is 32.8 Å². The van der Waals surface area contributed by atoms with E-state index in [4.69, 9.17) is 14.2 Å². The maximum Gasteiger partial charge on any atom is 0.119 e. The van der Waals surface area contributed by atoms with E-state index in [0.717, 1.165) is 50.5 Å². The van der Waals surface area contributed by atoms with Gasteiger partial charge in [-0.2, -0.15) is 0 Å². The van der Waals surface area contributed by atoms with Crippen molar-refractivity contribution in [1.82, 2.24) is 0 Å². The van der Waals surface area contributed by atoms with Crippen LogP contribution in [0.5, 0.6) is 11.5 Å². The highest BCUT2D eigenvalue weighted by Gasteiger charge is 2.15. The molecule has 0 saturated heterocycles. The van der Waals surface area contributed by atoms with Crippen LogP contribution in [0.15, 0.2) is 140 Å². The van der Waals surface area contributed by atoms with Crippen LogP contribution in [0.4, 0.5) is 0 Å². The van der Waals surface area contributed by atoms with Gasteiger partial charge in [-0.1, -0.05) is 115 Å². The Balaban J connectivity index is 1.33. The van der Waals surface area contributed by atoms with Crippen LogP contribution in [0.3, 0.4) is 0 Å². The fourth-order valence-electron chi connectivity index (χ4n) is 4.84. The van der Waals surface area contributed by atoms with Crippen LogP contribution in [0, 0.1) is 0 Å². The van der Waals surface area contributed by atoms with Gasteiger partial charge in [0.2, 0.25) is 0 Å². The highest BCUT2D eigenvalue weighted by Crippen LogP contribution is 2.35. The highest BCUT2D eigenvalue weighted by molar-refractivity contribution is 5.98. The molecular formula is C38H36O4. The third-order valence-corrected chi connectivity index (χ3v) is 6.93. The van der Waals surface area contributed by atoms with Crippen molar-refractivity contribution >= 4 is 11.1 Å². The summed E-state index contributed by atoms with van der Waals surface area (Å²) in [6.07, 6.45) is 0.530. The Morgan fingerprint density at radius 2 is 0.976 bits per heavy atom. The van der Waals surface area contributed by atoms with Gasteiger partial charge in [-0.05, 0) is 69.6 Å². The first kappa shape index (κ1) is 28.9. The van der Waals surface area contributed by atoms with Crippen LogP contribution in [0.1, 0.15) is 34.2 Å². The summed E-state index contributed by atoms with van der Waals surface area (Å²) in [7, 11) is 0. The van der Waals surface area contributed by atoms with E-state index in [1.807, 2.05) is 78.9 Å². The van der Waals surface area contributed by atoms with Gasteiger partial charge in [-0.25, -0.2) is 0 Å². The zero-order valence-electron chi connectivity index (χ0n) is 23.7. The summed E-state index contributed by atoms with van der Waals surface area (Å²) in [5.41, 5.74) is 7.62. The van der Waals surface area contributed by atoms with Gasteiger partial charge in [0.05, 0.1) is 13.2 Å². The second-order valence-electron chi connectivity index (χ2n) is 9.90. The lowest BCUT2D eigenvalue weighted by Crippen LogP contribution is -2.06. The Morgan fingerprint density at radius 1 is 0.476 bits per heavy atom. The molecule has 0 amide bonds. The average Bonchev–Trinajstić information content (AvgIpc) is 3.06. The van der Waals surface area contributed by atoms with Crippen molar-refractivity contribution in [2.75, 3.05) is 19.8 Å². The maximum atomic E-state index is 10.0. The molecule has 1 N–H and O–H groups in total. The molecule has 0 spiro atoms. The summed E-state index contributed by atoms with van der Waals surface area (Å²) in [6, 6.07) is 46.9. The van der Waals surface area contributed by atoms with Crippen molar-refractivity contribution in [2.45, 2.75) is 19.6 Å². The van der Waals surface area contributed by atoms with Crippen LogP contribution in [0.2, 0.25) is 0 Å². The van der Waals surface area contributed by atoms with E-state index >= 15 is 0 Å². The lowest BCUT2D eigenvalue weighted by atomic mass is 9.88. The monoisotopic (exact) mass is 556 g/mol. The molecule has 0 heterocycles. The van der Waals surface area contributed by atoms with E-state index in [2.05, 4.69) is 60.7 Å². The standard InChI is InChI=1S/C38H36O4/c39-25-24-37(32-14-8-3-9-15-32)38(34-18-22-36(23-19-34)42-29-31-12-6-2-7-13-31)33-16-20-35(21-17-33)41-27-26-40-28-30-10-4-1-5-11-30/h1-23,39H,24-29H2. The zero-order valence-corrected chi connectivity index (χ0v) is 23.7. The first-order valence-corrected chi connectivity index (χ1v) is 14.3. The van der Waals surface area contributed by atoms with Gasteiger partial charge in [0.15, 0.2) is 0 Å². The SMILES string of the molecule is OCCC(=C(c1ccc(OCCOCc2ccccc2)cc1)c1ccc(OCc2ccccc2)cc1)c1ccccc1. The summed E-state index contributed by atoms with van der Waals surface area (Å²) in [4.78, 5) is 0. The summed E-state index contributed by atoms with van der Waals surface area (Å²) in [5, 5.41) is 10.0. The Morgan fingerprint density at radius 3 is 1.52 bits per heavy atom. The molecule has 5 aromatic rings. The molecule has 4 nitrogen and oxygen atoms in total. The van der Waals surface area contributed by atoms with E-state index in [-0.39, 0.29) is 6.61 Å². The van der Waals surface area contributed by atoms with Gasteiger partial charge < -0.3 is 19.3 Å². The molecule has 0 aliphatic rings. The molecule has 0 bridgehead atoms. The lowest BCUT2D eigenvalue weighted by Gasteiger charge is -2.18. The van der Waals surface area contributed by atoms with E-state index in [9.17, 15) is 5.11 Å². The van der Waals surface area contributed by atoms with Gasteiger partial charge in [-0.15, -0.1) is 0 Å². The van der Waals surface area contributed by atoms with Gasteiger partial charge in [0.1, 0.15) is 24.7 Å². The van der Waals surface area contributed by atoms with Crippen LogP contribution in [-0.4, -0.2) is 24.9 Å². The van der Waals surface area contributed by atoms with Gasteiger partial charge in [-0.3, -0.25) is 0 Å². The summed E-state index contributed by atoms with van der Waals surface area (Å²) in [5.74, 6) is 1.60. The van der Waals surface area contributed by atoms with E-state index in [1.165, 1.54) is 0 Å². The molecule has 0 unspecified atom stereocenters. The summed E-state index contributed by atoms with van der Waals surface area (Å²) in [6.45, 7) is 2.12. The minimum absolute atomic E-state index is 0.0518. The molecule has 0 atom stereocenters. The molecule has 0 fully saturated rings. The number of rotatable bonds is 14. The molecule has 0 aliphatic carbocycles. The van der Waals surface area contributed by atoms with Crippen LogP contribution in [-0.2, 0) is 18.0 Å². The second-order valence-corrected chi connectivity index (χ2v) is 9.90. The van der Waals surface area contributed by atoms with Crippen LogP contribution < -0.4 is 9.47 Å². The molecule has 0 radical (unpaired) electrons. The number of hydrogen-bond donors (Lipinski definition) is 1. The Hall–Kier alpha value is -4.64. The second kappa shape index (κ2) is 15.4. The molecule has 4 heteroatoms. The van der Waals surface area contributed by atoms with Gasteiger partial charge >= 0.3 is 0 Å². The fourth-order valence-corrected chi connectivity index (χ4v) is 4.84. The van der Waals surface area contributed by atoms with E-state index < -0.39 is 0 Å². The predicted octanol–water partition coefficient (Wildman–Crippen LogP) is 8.20. The Labute approximate surface area is 248 Å². The van der Waals surface area contributed by atoms with Crippen LogP contribution >= 0.6 is 0 Å². The van der Waals surface area contributed by atoms with Gasteiger partial charge in [0, 0.05) is 6.61 Å². The zero-order chi connectivity index (χ0) is 28.8. The Bertz CT molecular complexity index is 1510. The third kappa shape index (κ3) is 8.20. The molecule has 5 aromatic carbocycles. The first-order valence-electron chi connectivity index (χ1n) is 14.3. The molecular weight excluding hydrogens is 520 g/mol. The summed E-state index contributed by atoms with van der Waals surface area (Å²) >= 11 is 0. The number of benzene rings is 5. The topological polar surface area (TPSA) is 47.9 Å². The van der Waals surface area contributed by atoms with Crippen molar-refractivity contribution in [1.29, 1.82) is 0 Å². The number of ether oxygens (including phenoxy) is 3. The number of aliphatic hydroxyl groups excluding tert-OH is 1. The quantitative estimate of drug-likeness (QED) is 0.111. The summed E-state index contributed by atoms with van der Waals surface area (Å²) < 4.78 is 17.8. The lowest BCUT2D eigenvalue weighted by molar-refractivity contribution is 0.0889. The average molecular weight is 557 g/mol. The first-order chi connectivity index (χ1) is 20.8. The van der Waals surface area contributed by atoms with Crippen molar-refractivity contribution in [3.05, 3.63) is 167 Å². The predicted molar refractivity (Wildman–Crippen MR) is 169 cm³/mol. The number of hydrogen-bond acceptors (Lipinski definition) is 4. The van der Waals surface area contributed by atoms with Gasteiger partial charge in [0.25, 0.3) is 0 Å². The minimum Gasteiger partial charge on any atom is -0.491 e. The molecule has 0 aliphatic heterocycles. The van der Waals surface area contributed by atoms with E-state index in [1.54, 1.807) is 0 Å². The number of aliphatic hydroxyl groups is 1. The largest absolute Gasteiger partial charge is 0.491 e. The smallest absolute Gasteiger partial charge is 0.119 e. The van der Waals surface area contributed by atoms with Crippen molar-refractivity contribution < 1.29 is 19.3 Å². The van der Waals surface area contributed by atoms with Crippen molar-refractivity contribution in [2.24, 2.45) is 0 Å². The molecule has 42 heavy (non-hydrogen) atoms. The molecule has 5 rings (SSSR count). The maximum absolute atomic E-state index is 10.0. The fraction of sp³-hybridized carbons (Fsp3) is 0.158. The normalized spacial score (nSPS) is 11.5. The third-order valence-electron chi connectivity index (χ3n) is 6.93. The molecule has 0 aromatic heterocycles. The van der Waals surface area contributed by atoms with Crippen LogP contribution in [0.25, 0.3) is 11.1 Å². The highest BCUT2D eigenvalue weighted by atomic mass is 16.5. The molecule has 212 valence electrons.